The summed E-state index contributed by atoms with van der Waals surface area (Å²) >= 11 is 0. The zero-order chi connectivity index (χ0) is 22.8. The first-order chi connectivity index (χ1) is 16.2. The lowest BCUT2D eigenvalue weighted by Crippen LogP contribution is -2.20. The number of hydrogen-bond donors (Lipinski definition) is 1. The van der Waals surface area contributed by atoms with Crippen molar-refractivity contribution in [3.05, 3.63) is 88.8 Å². The average Bonchev–Trinajstić information content (AvgIpc) is 3.21. The van der Waals surface area contributed by atoms with Crippen LogP contribution in [-0.4, -0.2) is 38.7 Å². The number of hydrogen-bond acceptors (Lipinski definition) is 6. The molecular formula is C24H19FN6O2. The zero-order valence-electron chi connectivity index (χ0n) is 17.4. The van der Waals surface area contributed by atoms with Gasteiger partial charge < -0.3 is 10.5 Å². The largest absolute Gasteiger partial charge is 0.491 e. The Bertz CT molecular complexity index is 1520. The number of anilines is 1. The Morgan fingerprint density at radius 2 is 1.82 bits per heavy atom. The van der Waals surface area contributed by atoms with E-state index in [0.717, 1.165) is 5.56 Å². The van der Waals surface area contributed by atoms with Crippen molar-refractivity contribution in [2.75, 3.05) is 19.0 Å². The molecule has 0 saturated heterocycles. The number of para-hydroxylation sites is 2. The Labute approximate surface area is 187 Å². The molecule has 0 fully saturated rings. The molecule has 3 aromatic carbocycles. The highest BCUT2D eigenvalue weighted by atomic mass is 19.1. The molecule has 2 heterocycles. The van der Waals surface area contributed by atoms with Gasteiger partial charge in [0.1, 0.15) is 24.5 Å². The van der Waals surface area contributed by atoms with Crippen LogP contribution in [0.15, 0.2) is 82.6 Å². The second-order valence-electron chi connectivity index (χ2n) is 7.20. The lowest BCUT2D eigenvalue weighted by Gasteiger charge is -2.05. The number of nitrogens with two attached hydrogens (primary N) is 1. The van der Waals surface area contributed by atoms with Gasteiger partial charge in [0.25, 0.3) is 0 Å². The van der Waals surface area contributed by atoms with Crippen LogP contribution in [0.2, 0.25) is 0 Å². The number of aliphatic imine (C=N–C) groups is 1. The molecule has 9 heteroatoms. The summed E-state index contributed by atoms with van der Waals surface area (Å²) in [5.41, 5.74) is 9.15. The molecule has 0 spiro atoms. The Hall–Kier alpha value is -4.53. The predicted molar refractivity (Wildman–Crippen MR) is 126 cm³/mol. The summed E-state index contributed by atoms with van der Waals surface area (Å²) in [6.45, 7) is -0.522. The molecule has 0 bridgehead atoms. The van der Waals surface area contributed by atoms with Crippen molar-refractivity contribution in [2.24, 2.45) is 4.99 Å². The van der Waals surface area contributed by atoms with Gasteiger partial charge in [-0.1, -0.05) is 24.3 Å². The standard InChI is InChI=1S/C24H19FN6O2/c25-13-14-33-18-11-9-16(10-12-18)15-27-19-7-4-8-20-21(19)28-22(26)23-29-31(24(32)30(20)23)17-5-2-1-3-6-17/h1-12,15H,13-14H2,(H2,26,28). The number of rotatable bonds is 6. The summed E-state index contributed by atoms with van der Waals surface area (Å²) in [5.74, 6) is 0.716. The molecule has 0 amide bonds. The van der Waals surface area contributed by atoms with Gasteiger partial charge in [-0.15, -0.1) is 5.10 Å². The minimum atomic E-state index is -0.541. The lowest BCUT2D eigenvalue weighted by atomic mass is 10.2. The molecule has 5 aromatic rings. The highest BCUT2D eigenvalue weighted by Gasteiger charge is 2.16. The smallest absolute Gasteiger partial charge is 0.355 e. The summed E-state index contributed by atoms with van der Waals surface area (Å²) in [6.07, 6.45) is 1.67. The van der Waals surface area contributed by atoms with Gasteiger partial charge in [-0.25, -0.2) is 18.6 Å². The highest BCUT2D eigenvalue weighted by Crippen LogP contribution is 2.26. The van der Waals surface area contributed by atoms with Crippen molar-refractivity contribution in [3.63, 3.8) is 0 Å². The van der Waals surface area contributed by atoms with E-state index in [9.17, 15) is 9.18 Å². The quantitative estimate of drug-likeness (QED) is 0.404. The van der Waals surface area contributed by atoms with E-state index in [4.69, 9.17) is 10.5 Å². The Balaban J connectivity index is 1.58. The normalized spacial score (nSPS) is 11.5. The number of benzene rings is 3. The fraction of sp³-hybridized carbons (Fsp3) is 0.0833. The van der Waals surface area contributed by atoms with Crippen molar-refractivity contribution in [3.8, 4) is 11.4 Å². The van der Waals surface area contributed by atoms with E-state index in [-0.39, 0.29) is 23.8 Å². The Morgan fingerprint density at radius 1 is 1.03 bits per heavy atom. The van der Waals surface area contributed by atoms with Gasteiger partial charge >= 0.3 is 5.69 Å². The second-order valence-corrected chi connectivity index (χ2v) is 7.20. The van der Waals surface area contributed by atoms with Crippen LogP contribution in [0, 0.1) is 0 Å². The number of halogens is 1. The van der Waals surface area contributed by atoms with E-state index >= 15 is 0 Å². The molecule has 0 aliphatic heterocycles. The molecule has 0 saturated carbocycles. The topological polar surface area (TPSA) is 99.8 Å². The Morgan fingerprint density at radius 3 is 2.58 bits per heavy atom. The van der Waals surface area contributed by atoms with Crippen LogP contribution < -0.4 is 16.2 Å². The first-order valence-corrected chi connectivity index (χ1v) is 10.2. The van der Waals surface area contributed by atoms with E-state index in [1.54, 1.807) is 48.7 Å². The molecule has 8 nitrogen and oxygen atoms in total. The van der Waals surface area contributed by atoms with E-state index in [2.05, 4.69) is 15.1 Å². The number of nitrogens with zero attached hydrogens (tertiary/aromatic N) is 5. The summed E-state index contributed by atoms with van der Waals surface area (Å²) in [7, 11) is 0. The van der Waals surface area contributed by atoms with Crippen LogP contribution in [0.25, 0.3) is 22.4 Å². The van der Waals surface area contributed by atoms with Crippen LogP contribution in [-0.2, 0) is 0 Å². The second kappa shape index (κ2) is 8.54. The van der Waals surface area contributed by atoms with Crippen molar-refractivity contribution < 1.29 is 9.13 Å². The van der Waals surface area contributed by atoms with Gasteiger partial charge in [0, 0.05) is 6.21 Å². The lowest BCUT2D eigenvalue weighted by molar-refractivity contribution is 0.273. The number of alkyl halides is 1. The van der Waals surface area contributed by atoms with Crippen molar-refractivity contribution >= 4 is 34.4 Å². The van der Waals surface area contributed by atoms with Crippen molar-refractivity contribution in [2.45, 2.75) is 0 Å². The average molecular weight is 442 g/mol. The first-order valence-electron chi connectivity index (χ1n) is 10.2. The van der Waals surface area contributed by atoms with Gasteiger partial charge in [0.05, 0.1) is 16.9 Å². The Kier molecular flexibility index (Phi) is 5.27. The maximum Gasteiger partial charge on any atom is 0.355 e. The predicted octanol–water partition coefficient (Wildman–Crippen LogP) is 3.71. The van der Waals surface area contributed by atoms with Crippen LogP contribution >= 0.6 is 0 Å². The molecule has 0 aliphatic carbocycles. The van der Waals surface area contributed by atoms with E-state index in [1.807, 2.05) is 30.3 Å². The molecule has 0 unspecified atom stereocenters. The third kappa shape index (κ3) is 3.80. The molecule has 0 atom stereocenters. The minimum absolute atomic E-state index is 0.0191. The molecule has 2 N–H and O–H groups in total. The highest BCUT2D eigenvalue weighted by molar-refractivity contribution is 5.93. The third-order valence-corrected chi connectivity index (χ3v) is 5.05. The van der Waals surface area contributed by atoms with Crippen molar-refractivity contribution in [1.29, 1.82) is 0 Å². The summed E-state index contributed by atoms with van der Waals surface area (Å²) in [5, 5.41) is 4.39. The first kappa shape index (κ1) is 20.4. The zero-order valence-corrected chi connectivity index (χ0v) is 17.4. The molecule has 2 aromatic heterocycles. The van der Waals surface area contributed by atoms with E-state index in [0.29, 0.717) is 28.2 Å². The number of fused-ring (bicyclic) bond motifs is 3. The van der Waals surface area contributed by atoms with Crippen LogP contribution in [0.5, 0.6) is 5.75 Å². The van der Waals surface area contributed by atoms with Gasteiger partial charge in [-0.2, -0.15) is 4.68 Å². The van der Waals surface area contributed by atoms with Crippen LogP contribution in [0.1, 0.15) is 5.56 Å². The summed E-state index contributed by atoms with van der Waals surface area (Å²) in [4.78, 5) is 22.2. The number of ether oxygens (including phenoxy) is 1. The van der Waals surface area contributed by atoms with Gasteiger partial charge in [-0.3, -0.25) is 4.99 Å². The molecule has 0 aliphatic rings. The fourth-order valence-corrected chi connectivity index (χ4v) is 3.53. The van der Waals surface area contributed by atoms with Gasteiger partial charge in [0.15, 0.2) is 5.82 Å². The molecule has 33 heavy (non-hydrogen) atoms. The fourth-order valence-electron chi connectivity index (χ4n) is 3.53. The third-order valence-electron chi connectivity index (χ3n) is 5.05. The van der Waals surface area contributed by atoms with E-state index < -0.39 is 6.67 Å². The number of aromatic nitrogens is 4. The number of nitrogen functional groups attached to an aromatic ring is 1. The maximum atomic E-state index is 13.2. The van der Waals surface area contributed by atoms with Crippen molar-refractivity contribution in [1.82, 2.24) is 19.2 Å². The minimum Gasteiger partial charge on any atom is -0.491 e. The molecule has 164 valence electrons. The van der Waals surface area contributed by atoms with Gasteiger partial charge in [-0.05, 0) is 54.1 Å². The van der Waals surface area contributed by atoms with Crippen LogP contribution in [0.4, 0.5) is 15.9 Å². The monoisotopic (exact) mass is 442 g/mol. The molecule has 5 rings (SSSR count). The van der Waals surface area contributed by atoms with Gasteiger partial charge in [0.2, 0.25) is 5.65 Å². The SMILES string of the molecule is Nc1nc2c(N=Cc3ccc(OCCF)cc3)cccc2n2c(=O)n(-c3ccccc3)nc12. The van der Waals surface area contributed by atoms with E-state index in [1.165, 1.54) is 9.08 Å². The molecule has 0 radical (unpaired) electrons. The summed E-state index contributed by atoms with van der Waals surface area (Å²) in [6, 6.07) is 21.6. The maximum absolute atomic E-state index is 13.2. The molecular weight excluding hydrogens is 423 g/mol. The van der Waals surface area contributed by atoms with Crippen LogP contribution in [0.3, 0.4) is 0 Å². The summed E-state index contributed by atoms with van der Waals surface area (Å²) < 4.78 is 20.2.